The topological polar surface area (TPSA) is 54.8 Å². The lowest BCUT2D eigenvalue weighted by Crippen LogP contribution is -2.29. The van der Waals surface area contributed by atoms with Gasteiger partial charge in [0.15, 0.2) is 5.11 Å². The molecule has 2 N–H and O–H groups in total. The Morgan fingerprint density at radius 3 is 2.73 bits per heavy atom. The van der Waals surface area contributed by atoms with E-state index in [-0.39, 0.29) is 0 Å². The predicted molar refractivity (Wildman–Crippen MR) is 94.7 cm³/mol. The molecule has 22 heavy (non-hydrogen) atoms. The predicted octanol–water partition coefficient (Wildman–Crippen LogP) is 3.72. The summed E-state index contributed by atoms with van der Waals surface area (Å²) in [6.45, 7) is 3.41. The van der Waals surface area contributed by atoms with Crippen molar-refractivity contribution in [3.8, 4) is 0 Å². The van der Waals surface area contributed by atoms with Crippen LogP contribution < -0.4 is 10.6 Å². The Labute approximate surface area is 145 Å². The van der Waals surface area contributed by atoms with Crippen molar-refractivity contribution in [1.82, 2.24) is 20.1 Å². The Morgan fingerprint density at radius 2 is 2.05 bits per heavy atom. The van der Waals surface area contributed by atoms with Crippen molar-refractivity contribution >= 4 is 46.5 Å². The van der Waals surface area contributed by atoms with Crippen LogP contribution in [0, 0.1) is 0 Å². The van der Waals surface area contributed by atoms with Crippen molar-refractivity contribution in [2.24, 2.45) is 0 Å². The van der Waals surface area contributed by atoms with Crippen molar-refractivity contribution in [1.29, 1.82) is 0 Å². The van der Waals surface area contributed by atoms with Crippen molar-refractivity contribution in [2.75, 3.05) is 11.9 Å². The van der Waals surface area contributed by atoms with Crippen LogP contribution in [0.1, 0.15) is 25.3 Å². The summed E-state index contributed by atoms with van der Waals surface area (Å²) in [4.78, 5) is 4.17. The van der Waals surface area contributed by atoms with Crippen LogP contribution >= 0.6 is 35.4 Å². The number of aromatic nitrogens is 3. The fraction of sp³-hybridized carbons (Fsp3) is 0.357. The molecular formula is C14H17Cl2N5S. The second-order valence-electron chi connectivity index (χ2n) is 4.70. The molecule has 0 spiro atoms. The number of nitrogens with one attached hydrogen (secondary N) is 2. The molecule has 1 heterocycles. The molecule has 0 unspecified atom stereocenters. The van der Waals surface area contributed by atoms with Crippen LogP contribution in [0.3, 0.4) is 0 Å². The molecule has 2 rings (SSSR count). The van der Waals surface area contributed by atoms with E-state index >= 15 is 0 Å². The van der Waals surface area contributed by atoms with Crippen molar-refractivity contribution in [2.45, 2.75) is 26.3 Å². The molecule has 0 radical (unpaired) electrons. The number of nitrogens with zero attached hydrogens (tertiary/aromatic N) is 3. The average Bonchev–Trinajstić information content (AvgIpc) is 2.90. The number of hydrogen-bond acceptors (Lipinski definition) is 3. The standard InChI is InChI=1S/C14H17Cl2N5S/c1-2-3-7-17-14(22)19-13-18-9-21(20-13)8-10-11(15)5-4-6-12(10)16/h4-6,9H,2-3,7-8H2,1H3,(H2,17,19,20,22). The van der Waals surface area contributed by atoms with E-state index in [1.54, 1.807) is 23.1 Å². The van der Waals surface area contributed by atoms with Crippen LogP contribution in [-0.2, 0) is 6.54 Å². The Hall–Kier alpha value is -1.37. The molecular weight excluding hydrogens is 341 g/mol. The SMILES string of the molecule is CCCCNC(=S)Nc1ncn(Cc2c(Cl)cccc2Cl)n1. The molecule has 1 aromatic heterocycles. The van der Waals surface area contributed by atoms with Crippen LogP contribution in [0.5, 0.6) is 0 Å². The zero-order valence-corrected chi connectivity index (χ0v) is 14.5. The Kier molecular flexibility index (Phi) is 6.42. The summed E-state index contributed by atoms with van der Waals surface area (Å²) < 4.78 is 1.66. The highest BCUT2D eigenvalue weighted by Gasteiger charge is 2.08. The quantitative estimate of drug-likeness (QED) is 0.609. The van der Waals surface area contributed by atoms with E-state index in [4.69, 9.17) is 35.4 Å². The van der Waals surface area contributed by atoms with Gasteiger partial charge in [0, 0.05) is 22.2 Å². The number of halogens is 2. The number of benzene rings is 1. The van der Waals surface area contributed by atoms with Gasteiger partial charge in [-0.15, -0.1) is 5.10 Å². The Bertz CT molecular complexity index is 624. The third kappa shape index (κ3) is 4.83. The summed E-state index contributed by atoms with van der Waals surface area (Å²) in [5, 5.41) is 12.1. The van der Waals surface area contributed by atoms with E-state index < -0.39 is 0 Å². The minimum Gasteiger partial charge on any atom is -0.362 e. The number of rotatable bonds is 6. The van der Waals surface area contributed by atoms with Gasteiger partial charge in [0.05, 0.1) is 6.54 Å². The molecule has 0 aliphatic heterocycles. The van der Waals surface area contributed by atoms with Gasteiger partial charge in [0.25, 0.3) is 0 Å². The highest BCUT2D eigenvalue weighted by molar-refractivity contribution is 7.80. The minimum atomic E-state index is 0.442. The normalized spacial score (nSPS) is 10.5. The van der Waals surface area contributed by atoms with Crippen LogP contribution in [0.4, 0.5) is 5.95 Å². The van der Waals surface area contributed by atoms with Crippen molar-refractivity contribution < 1.29 is 0 Å². The smallest absolute Gasteiger partial charge is 0.248 e. The van der Waals surface area contributed by atoms with Gasteiger partial charge in [-0.1, -0.05) is 42.6 Å². The van der Waals surface area contributed by atoms with Crippen LogP contribution in [0.2, 0.25) is 10.0 Å². The third-order valence-electron chi connectivity index (χ3n) is 2.96. The molecule has 0 aliphatic rings. The van der Waals surface area contributed by atoms with E-state index in [0.717, 1.165) is 24.9 Å². The second-order valence-corrected chi connectivity index (χ2v) is 5.92. The summed E-state index contributed by atoms with van der Waals surface area (Å²) in [5.74, 6) is 0.442. The molecule has 0 saturated heterocycles. The van der Waals surface area contributed by atoms with Gasteiger partial charge in [-0.3, -0.25) is 5.32 Å². The fourth-order valence-corrected chi connectivity index (χ4v) is 2.51. The highest BCUT2D eigenvalue weighted by Crippen LogP contribution is 2.24. The third-order valence-corrected chi connectivity index (χ3v) is 3.91. The van der Waals surface area contributed by atoms with Gasteiger partial charge in [-0.05, 0) is 30.8 Å². The van der Waals surface area contributed by atoms with Crippen LogP contribution in [0.25, 0.3) is 0 Å². The van der Waals surface area contributed by atoms with Gasteiger partial charge in [0.1, 0.15) is 6.33 Å². The van der Waals surface area contributed by atoms with Gasteiger partial charge < -0.3 is 5.32 Å². The lowest BCUT2D eigenvalue weighted by molar-refractivity contribution is 0.687. The highest BCUT2D eigenvalue weighted by atomic mass is 35.5. The monoisotopic (exact) mass is 357 g/mol. The van der Waals surface area contributed by atoms with Gasteiger partial charge in [-0.25, -0.2) is 9.67 Å². The maximum Gasteiger partial charge on any atom is 0.248 e. The van der Waals surface area contributed by atoms with Gasteiger partial charge >= 0.3 is 0 Å². The van der Waals surface area contributed by atoms with E-state index in [1.165, 1.54) is 0 Å². The summed E-state index contributed by atoms with van der Waals surface area (Å²) in [6, 6.07) is 5.40. The number of hydrogen-bond donors (Lipinski definition) is 2. The second kappa shape index (κ2) is 8.31. The zero-order chi connectivity index (χ0) is 15.9. The zero-order valence-electron chi connectivity index (χ0n) is 12.1. The Morgan fingerprint density at radius 1 is 1.32 bits per heavy atom. The number of anilines is 1. The number of thiocarbonyl (C=S) groups is 1. The summed E-state index contributed by atoms with van der Waals surface area (Å²) in [7, 11) is 0. The summed E-state index contributed by atoms with van der Waals surface area (Å²) >= 11 is 17.5. The number of unbranched alkanes of at least 4 members (excludes halogenated alkanes) is 1. The molecule has 0 amide bonds. The first-order valence-corrected chi connectivity index (χ1v) is 8.13. The fourth-order valence-electron chi connectivity index (χ4n) is 1.80. The lowest BCUT2D eigenvalue weighted by Gasteiger charge is -2.07. The first-order valence-electron chi connectivity index (χ1n) is 6.97. The Balaban J connectivity index is 1.95. The molecule has 0 bridgehead atoms. The van der Waals surface area contributed by atoms with Crippen LogP contribution in [0.15, 0.2) is 24.5 Å². The maximum absolute atomic E-state index is 6.15. The molecule has 5 nitrogen and oxygen atoms in total. The molecule has 0 aliphatic carbocycles. The lowest BCUT2D eigenvalue weighted by atomic mass is 10.2. The largest absolute Gasteiger partial charge is 0.362 e. The molecule has 118 valence electrons. The molecule has 1 aromatic carbocycles. The van der Waals surface area contributed by atoms with Gasteiger partial charge in [-0.2, -0.15) is 0 Å². The van der Waals surface area contributed by atoms with E-state index in [9.17, 15) is 0 Å². The minimum absolute atomic E-state index is 0.442. The summed E-state index contributed by atoms with van der Waals surface area (Å²) in [5.41, 5.74) is 0.811. The summed E-state index contributed by atoms with van der Waals surface area (Å²) in [6.07, 6.45) is 3.78. The van der Waals surface area contributed by atoms with Crippen LogP contribution in [-0.4, -0.2) is 26.4 Å². The van der Waals surface area contributed by atoms with Crippen molar-refractivity contribution in [3.63, 3.8) is 0 Å². The van der Waals surface area contributed by atoms with Crippen molar-refractivity contribution in [3.05, 3.63) is 40.1 Å². The van der Waals surface area contributed by atoms with E-state index in [0.29, 0.717) is 27.7 Å². The molecule has 8 heteroatoms. The van der Waals surface area contributed by atoms with E-state index in [2.05, 4.69) is 27.6 Å². The van der Waals surface area contributed by atoms with Gasteiger partial charge in [0.2, 0.25) is 5.95 Å². The average molecular weight is 358 g/mol. The first-order chi connectivity index (χ1) is 10.6. The molecule has 0 saturated carbocycles. The maximum atomic E-state index is 6.15. The van der Waals surface area contributed by atoms with E-state index in [1.807, 2.05) is 6.07 Å². The molecule has 0 atom stereocenters. The first kappa shape index (κ1) is 17.0. The molecule has 2 aromatic rings. The molecule has 0 fully saturated rings.